The first-order chi connectivity index (χ1) is 13.5. The fourth-order valence-electron chi connectivity index (χ4n) is 3.87. The van der Waals surface area contributed by atoms with Gasteiger partial charge in [-0.3, -0.25) is 4.68 Å². The zero-order valence-corrected chi connectivity index (χ0v) is 16.3. The first kappa shape index (κ1) is 18.2. The van der Waals surface area contributed by atoms with Crippen LogP contribution in [0, 0.1) is 0 Å². The largest absolute Gasteiger partial charge is 0.324 e. The highest BCUT2D eigenvalue weighted by molar-refractivity contribution is 5.89. The van der Waals surface area contributed by atoms with Crippen LogP contribution in [0.4, 0.5) is 10.5 Å². The lowest BCUT2D eigenvalue weighted by atomic mass is 9.76. The predicted octanol–water partition coefficient (Wildman–Crippen LogP) is 4.07. The number of piperidine rings is 1. The minimum absolute atomic E-state index is 0.00858. The zero-order chi connectivity index (χ0) is 19.6. The molecule has 2 heterocycles. The number of carbonyl (C=O) groups is 1. The van der Waals surface area contributed by atoms with Gasteiger partial charge >= 0.3 is 6.03 Å². The minimum Gasteiger partial charge on any atom is -0.324 e. The Hall–Kier alpha value is -3.15. The van der Waals surface area contributed by atoms with Crippen LogP contribution in [0.3, 0.4) is 0 Å². The van der Waals surface area contributed by atoms with Crippen molar-refractivity contribution < 1.29 is 4.79 Å². The van der Waals surface area contributed by atoms with Crippen LogP contribution >= 0.6 is 0 Å². The molecule has 2 amide bonds. The molecule has 1 fully saturated rings. The summed E-state index contributed by atoms with van der Waals surface area (Å²) in [5.41, 5.74) is 2.98. The van der Waals surface area contributed by atoms with E-state index in [2.05, 4.69) is 46.6 Å². The van der Waals surface area contributed by atoms with Gasteiger partial charge in [-0.1, -0.05) is 37.3 Å². The average Bonchev–Trinajstić information content (AvgIpc) is 3.15. The van der Waals surface area contributed by atoms with Crippen molar-refractivity contribution in [1.82, 2.24) is 19.7 Å². The third kappa shape index (κ3) is 3.76. The van der Waals surface area contributed by atoms with Gasteiger partial charge in [-0.05, 0) is 42.7 Å². The second kappa shape index (κ2) is 7.46. The first-order valence-electron chi connectivity index (χ1n) is 9.61. The summed E-state index contributed by atoms with van der Waals surface area (Å²) in [6.07, 6.45) is 3.76. The van der Waals surface area contributed by atoms with Crippen molar-refractivity contribution in [3.05, 3.63) is 66.5 Å². The number of nitrogens with one attached hydrogen (secondary N) is 1. The third-order valence-corrected chi connectivity index (χ3v) is 5.45. The number of aryl methyl sites for hydroxylation is 1. The number of amides is 2. The van der Waals surface area contributed by atoms with Crippen molar-refractivity contribution in [2.75, 3.05) is 18.4 Å². The molecule has 0 bridgehead atoms. The Labute approximate surface area is 165 Å². The van der Waals surface area contributed by atoms with Crippen LogP contribution < -0.4 is 5.32 Å². The van der Waals surface area contributed by atoms with Gasteiger partial charge in [0, 0.05) is 36.8 Å². The second-order valence-corrected chi connectivity index (χ2v) is 7.70. The van der Waals surface area contributed by atoms with Crippen molar-refractivity contribution in [2.45, 2.75) is 25.2 Å². The fraction of sp³-hybridized carbons (Fsp3) is 0.318. The maximum Gasteiger partial charge on any atom is 0.321 e. The van der Waals surface area contributed by atoms with Crippen molar-refractivity contribution in [2.24, 2.45) is 7.05 Å². The molecular weight excluding hydrogens is 350 g/mol. The summed E-state index contributed by atoms with van der Waals surface area (Å²) in [6.45, 7) is 3.75. The Kier molecular flexibility index (Phi) is 4.86. The highest BCUT2D eigenvalue weighted by atomic mass is 16.2. The highest BCUT2D eigenvalue weighted by Gasteiger charge is 2.34. The van der Waals surface area contributed by atoms with Crippen LogP contribution in [0.15, 0.2) is 60.9 Å². The third-order valence-electron chi connectivity index (χ3n) is 5.45. The number of anilines is 1. The first-order valence-corrected chi connectivity index (χ1v) is 9.61. The standard InChI is InChI=1S/C22H25N5O/c1-22(18-7-4-3-5-8-18)13-6-14-27(15-22)21(28)24-19-11-9-17(10-12-19)20-23-16-26(2)25-20/h3-5,7-12,16H,6,13-15H2,1-2H3,(H,24,28). The number of hydrogen-bond acceptors (Lipinski definition) is 3. The van der Waals surface area contributed by atoms with Crippen molar-refractivity contribution in [1.29, 1.82) is 0 Å². The lowest BCUT2D eigenvalue weighted by molar-refractivity contribution is 0.167. The number of hydrogen-bond donors (Lipinski definition) is 1. The summed E-state index contributed by atoms with van der Waals surface area (Å²) in [4.78, 5) is 19.0. The normalized spacial score (nSPS) is 19.4. The van der Waals surface area contributed by atoms with Gasteiger partial charge in [0.1, 0.15) is 6.33 Å². The van der Waals surface area contributed by atoms with Crippen molar-refractivity contribution in [3.8, 4) is 11.4 Å². The van der Waals surface area contributed by atoms with Crippen LogP contribution in [-0.4, -0.2) is 38.8 Å². The molecule has 3 aromatic rings. The molecule has 2 aromatic carbocycles. The molecule has 0 saturated carbocycles. The summed E-state index contributed by atoms with van der Waals surface area (Å²) >= 11 is 0. The van der Waals surface area contributed by atoms with Crippen LogP contribution in [-0.2, 0) is 12.5 Å². The van der Waals surface area contributed by atoms with Crippen LogP contribution in [0.5, 0.6) is 0 Å². The average molecular weight is 375 g/mol. The molecule has 28 heavy (non-hydrogen) atoms. The molecule has 1 aliphatic rings. The van der Waals surface area contributed by atoms with E-state index in [1.807, 2.05) is 42.3 Å². The predicted molar refractivity (Wildman–Crippen MR) is 110 cm³/mol. The number of likely N-dealkylation sites (tertiary alicyclic amines) is 1. The fourth-order valence-corrected chi connectivity index (χ4v) is 3.87. The SMILES string of the molecule is Cn1cnc(-c2ccc(NC(=O)N3CCCC(C)(c4ccccc4)C3)cc2)n1. The van der Waals surface area contributed by atoms with Gasteiger partial charge in [0.15, 0.2) is 5.82 Å². The van der Waals surface area contributed by atoms with E-state index in [0.717, 1.165) is 37.2 Å². The Balaban J connectivity index is 1.43. The molecule has 144 valence electrons. The van der Waals surface area contributed by atoms with E-state index >= 15 is 0 Å². The second-order valence-electron chi connectivity index (χ2n) is 7.70. The number of carbonyl (C=O) groups excluding carboxylic acids is 1. The molecule has 1 aromatic heterocycles. The van der Waals surface area contributed by atoms with Gasteiger partial charge in [-0.2, -0.15) is 5.10 Å². The molecule has 6 nitrogen and oxygen atoms in total. The maximum atomic E-state index is 12.8. The Morgan fingerprint density at radius 2 is 1.86 bits per heavy atom. The monoisotopic (exact) mass is 375 g/mol. The van der Waals surface area contributed by atoms with Gasteiger partial charge < -0.3 is 10.2 Å². The lowest BCUT2D eigenvalue weighted by Crippen LogP contribution is -2.48. The number of nitrogens with zero attached hydrogens (tertiary/aromatic N) is 4. The van der Waals surface area contributed by atoms with Gasteiger partial charge in [0.25, 0.3) is 0 Å². The van der Waals surface area contributed by atoms with Crippen LogP contribution in [0.2, 0.25) is 0 Å². The highest BCUT2D eigenvalue weighted by Crippen LogP contribution is 2.33. The Bertz CT molecular complexity index is 951. The number of aromatic nitrogens is 3. The summed E-state index contributed by atoms with van der Waals surface area (Å²) in [7, 11) is 1.84. The molecule has 1 atom stereocenters. The molecular formula is C22H25N5O. The van der Waals surface area contributed by atoms with Crippen LogP contribution in [0.25, 0.3) is 11.4 Å². The molecule has 1 unspecified atom stereocenters. The molecule has 1 N–H and O–H groups in total. The van der Waals surface area contributed by atoms with Gasteiger partial charge in [-0.25, -0.2) is 9.78 Å². The molecule has 0 radical (unpaired) electrons. The summed E-state index contributed by atoms with van der Waals surface area (Å²) in [5, 5.41) is 7.33. The quantitative estimate of drug-likeness (QED) is 0.751. The van der Waals surface area contributed by atoms with Gasteiger partial charge in [0.05, 0.1) is 0 Å². The van der Waals surface area contributed by atoms with E-state index in [0.29, 0.717) is 5.82 Å². The van der Waals surface area contributed by atoms with Crippen molar-refractivity contribution in [3.63, 3.8) is 0 Å². The van der Waals surface area contributed by atoms with E-state index in [1.54, 1.807) is 11.0 Å². The summed E-state index contributed by atoms with van der Waals surface area (Å²) in [5.74, 6) is 0.676. The van der Waals surface area contributed by atoms with E-state index < -0.39 is 0 Å². The van der Waals surface area contributed by atoms with Gasteiger partial charge in [-0.15, -0.1) is 0 Å². The van der Waals surface area contributed by atoms with Gasteiger partial charge in [0.2, 0.25) is 0 Å². The summed E-state index contributed by atoms with van der Waals surface area (Å²) in [6, 6.07) is 18.1. The van der Waals surface area contributed by atoms with E-state index in [-0.39, 0.29) is 11.4 Å². The molecule has 1 saturated heterocycles. The van der Waals surface area contributed by atoms with E-state index in [4.69, 9.17) is 0 Å². The number of rotatable bonds is 3. The van der Waals surface area contributed by atoms with Crippen molar-refractivity contribution >= 4 is 11.7 Å². The van der Waals surface area contributed by atoms with E-state index in [9.17, 15) is 4.79 Å². The smallest absolute Gasteiger partial charge is 0.321 e. The number of benzene rings is 2. The topological polar surface area (TPSA) is 63.1 Å². The Morgan fingerprint density at radius 1 is 1.11 bits per heavy atom. The lowest BCUT2D eigenvalue weighted by Gasteiger charge is -2.40. The summed E-state index contributed by atoms with van der Waals surface area (Å²) < 4.78 is 1.67. The molecule has 0 aliphatic carbocycles. The molecule has 6 heteroatoms. The number of urea groups is 1. The maximum absolute atomic E-state index is 12.8. The minimum atomic E-state index is -0.0504. The van der Waals surface area contributed by atoms with Crippen LogP contribution in [0.1, 0.15) is 25.3 Å². The molecule has 0 spiro atoms. The molecule has 4 rings (SSSR count). The molecule has 1 aliphatic heterocycles. The Morgan fingerprint density at radius 3 is 2.54 bits per heavy atom. The van der Waals surface area contributed by atoms with E-state index in [1.165, 1.54) is 5.56 Å². The zero-order valence-electron chi connectivity index (χ0n) is 16.3.